The van der Waals surface area contributed by atoms with Gasteiger partial charge in [-0.2, -0.15) is 0 Å². The number of nitrogens with zero attached hydrogens (tertiary/aromatic N) is 4. The number of hydrogen-bond acceptors (Lipinski definition) is 8. The molecule has 2 saturated heterocycles. The van der Waals surface area contributed by atoms with Crippen molar-refractivity contribution in [2.24, 2.45) is 5.92 Å². The van der Waals surface area contributed by atoms with E-state index in [2.05, 4.69) is 74.1 Å². The summed E-state index contributed by atoms with van der Waals surface area (Å²) >= 11 is 0. The quantitative estimate of drug-likeness (QED) is 0.148. The largest absolute Gasteiger partial charge is 0.453 e. The number of alkyl carbamates (subject to hydrolysis) is 1. The molecular weight excluding hydrogens is 685 g/mol. The van der Waals surface area contributed by atoms with Crippen molar-refractivity contribution in [2.75, 3.05) is 33.4 Å². The number of amides is 3. The summed E-state index contributed by atoms with van der Waals surface area (Å²) < 4.78 is 10.2. The Morgan fingerprint density at radius 1 is 0.833 bits per heavy atom. The van der Waals surface area contributed by atoms with Gasteiger partial charge in [-0.25, -0.2) is 14.8 Å². The Morgan fingerprint density at radius 2 is 1.46 bits per heavy atom. The van der Waals surface area contributed by atoms with Crippen molar-refractivity contribution in [3.05, 3.63) is 78.6 Å². The first-order valence-corrected chi connectivity index (χ1v) is 19.0. The smallest absolute Gasteiger partial charge is 0.407 e. The van der Waals surface area contributed by atoms with E-state index in [1.807, 2.05) is 37.9 Å². The number of benzene rings is 2. The maximum Gasteiger partial charge on any atom is 0.407 e. The molecule has 3 aliphatic rings. The van der Waals surface area contributed by atoms with Gasteiger partial charge in [0.05, 0.1) is 48.7 Å². The maximum absolute atomic E-state index is 13.5. The Morgan fingerprint density at radius 3 is 2.11 bits per heavy atom. The van der Waals surface area contributed by atoms with E-state index in [1.165, 1.54) is 7.11 Å². The molecule has 7 rings (SSSR count). The molecule has 5 heterocycles. The summed E-state index contributed by atoms with van der Waals surface area (Å²) in [5.74, 6) is 1.24. The molecule has 0 bridgehead atoms. The summed E-state index contributed by atoms with van der Waals surface area (Å²) in [5, 5.41) is 6.20. The van der Waals surface area contributed by atoms with Crippen LogP contribution in [0.5, 0.6) is 0 Å². The van der Waals surface area contributed by atoms with Crippen LogP contribution in [0, 0.1) is 5.92 Å². The van der Waals surface area contributed by atoms with Crippen molar-refractivity contribution in [1.82, 2.24) is 40.4 Å². The first-order chi connectivity index (χ1) is 26.2. The summed E-state index contributed by atoms with van der Waals surface area (Å²) in [6, 6.07) is 15.9. The zero-order valence-electron chi connectivity index (χ0n) is 31.4. The van der Waals surface area contributed by atoms with E-state index in [0.717, 1.165) is 84.9 Å². The van der Waals surface area contributed by atoms with Gasteiger partial charge >= 0.3 is 6.09 Å². The summed E-state index contributed by atoms with van der Waals surface area (Å²) in [7, 11) is 1.28. The number of likely N-dealkylation sites (tertiary alicyclic amines) is 1. The van der Waals surface area contributed by atoms with E-state index in [-0.39, 0.29) is 29.8 Å². The van der Waals surface area contributed by atoms with Gasteiger partial charge in [-0.1, -0.05) is 68.5 Å². The number of nitrogens with one attached hydrogen (secondary N) is 4. The number of ether oxygens (including phenoxy) is 2. The third kappa shape index (κ3) is 7.97. The molecule has 0 radical (unpaired) electrons. The van der Waals surface area contributed by atoms with Crippen LogP contribution in [0.4, 0.5) is 4.79 Å². The van der Waals surface area contributed by atoms with E-state index in [9.17, 15) is 14.4 Å². The SMILES string of the molecule is COC(=O)N[C@H](C(=O)N1CCC=C1c1ncc(-c2ccc(-c3ccc(-c4cnc([C@@H]5CCCN5C(=O)[C@@H](C)NC5CCOCC5)[nH]4)cc3)cc2)[nH]1)C(C)C. The molecule has 2 aromatic carbocycles. The number of H-pyrrole nitrogens is 2. The highest BCUT2D eigenvalue weighted by atomic mass is 16.5. The van der Waals surface area contributed by atoms with Crippen LogP contribution in [-0.2, 0) is 19.1 Å². The molecule has 3 amide bonds. The Labute approximate surface area is 315 Å². The Bertz CT molecular complexity index is 1960. The first kappa shape index (κ1) is 37.1. The molecule has 2 aromatic heterocycles. The number of carbonyl (C=O) groups is 3. The molecule has 4 N–H and O–H groups in total. The number of hydrogen-bond donors (Lipinski definition) is 4. The summed E-state index contributed by atoms with van der Waals surface area (Å²) in [4.78, 5) is 58.8. The molecule has 3 atom stereocenters. The number of carbonyl (C=O) groups excluding carboxylic acids is 3. The molecule has 2 fully saturated rings. The molecule has 13 nitrogen and oxygen atoms in total. The number of rotatable bonds is 11. The van der Waals surface area contributed by atoms with E-state index in [0.29, 0.717) is 30.5 Å². The van der Waals surface area contributed by atoms with E-state index >= 15 is 0 Å². The minimum atomic E-state index is -0.717. The normalized spacial score (nSPS) is 18.8. The minimum absolute atomic E-state index is 0.0576. The zero-order valence-corrected chi connectivity index (χ0v) is 31.4. The molecule has 4 aromatic rings. The van der Waals surface area contributed by atoms with Crippen molar-refractivity contribution in [2.45, 2.75) is 77.0 Å². The third-order valence-corrected chi connectivity index (χ3v) is 10.7. The summed E-state index contributed by atoms with van der Waals surface area (Å²) in [6.07, 6.45) is 9.41. The molecule has 284 valence electrons. The molecule has 0 saturated carbocycles. The van der Waals surface area contributed by atoms with Crippen molar-refractivity contribution in [1.29, 1.82) is 0 Å². The standard InChI is InChI=1S/C41H50N8O5/c1-25(2)36(47-41(52)53-4)40(51)49-20-6-8-35(49)38-43-24-33(46-38)30-15-11-28(12-16-30)27-9-13-29(14-10-27)32-23-42-37(45-32)34-7-5-19-48(34)39(50)26(3)44-31-17-21-54-22-18-31/h8-16,23-26,31,34,36,44H,5-7,17-22H2,1-4H3,(H,42,45)(H,43,46)(H,47,52)/t26-,34+,36+/m1/s1. The molecule has 13 heteroatoms. The van der Waals surface area contributed by atoms with Gasteiger partial charge in [0, 0.05) is 32.3 Å². The molecular formula is C41H50N8O5. The van der Waals surface area contributed by atoms with Gasteiger partial charge in [0.25, 0.3) is 0 Å². The second-order valence-corrected chi connectivity index (χ2v) is 14.7. The number of methoxy groups -OCH3 is 1. The Hall–Kier alpha value is -5.27. The van der Waals surface area contributed by atoms with E-state index in [1.54, 1.807) is 11.1 Å². The van der Waals surface area contributed by atoms with Crippen molar-refractivity contribution >= 4 is 23.6 Å². The predicted molar refractivity (Wildman–Crippen MR) is 206 cm³/mol. The van der Waals surface area contributed by atoms with Crippen LogP contribution < -0.4 is 10.6 Å². The third-order valence-electron chi connectivity index (χ3n) is 10.7. The topological polar surface area (TPSA) is 158 Å². The molecule has 54 heavy (non-hydrogen) atoms. The highest BCUT2D eigenvalue weighted by molar-refractivity contribution is 5.93. The first-order valence-electron chi connectivity index (χ1n) is 19.0. The van der Waals surface area contributed by atoms with Gasteiger partial charge in [-0.05, 0) is 67.2 Å². The van der Waals surface area contributed by atoms with E-state index in [4.69, 9.17) is 14.5 Å². The van der Waals surface area contributed by atoms with Gasteiger partial charge < -0.3 is 39.9 Å². The fourth-order valence-corrected chi connectivity index (χ4v) is 7.67. The van der Waals surface area contributed by atoms with Crippen LogP contribution in [-0.4, -0.2) is 99.2 Å². The second kappa shape index (κ2) is 16.4. The monoisotopic (exact) mass is 734 g/mol. The minimum Gasteiger partial charge on any atom is -0.453 e. The highest BCUT2D eigenvalue weighted by Gasteiger charge is 2.36. The van der Waals surface area contributed by atoms with Gasteiger partial charge in [-0.15, -0.1) is 0 Å². The Balaban J connectivity index is 0.982. The maximum atomic E-state index is 13.5. The van der Waals surface area contributed by atoms with Crippen LogP contribution in [0.1, 0.15) is 70.6 Å². The fourth-order valence-electron chi connectivity index (χ4n) is 7.67. The van der Waals surface area contributed by atoms with Crippen LogP contribution in [0.25, 0.3) is 39.3 Å². The van der Waals surface area contributed by atoms with Crippen LogP contribution >= 0.6 is 0 Å². The fraction of sp³-hybridized carbons (Fsp3) is 0.439. The van der Waals surface area contributed by atoms with Gasteiger partial charge in [-0.3, -0.25) is 9.59 Å². The van der Waals surface area contributed by atoms with Crippen LogP contribution in [0.3, 0.4) is 0 Å². The van der Waals surface area contributed by atoms with Gasteiger partial charge in [0.1, 0.15) is 11.9 Å². The average Bonchev–Trinajstić information content (AvgIpc) is 4.03. The Kier molecular flexibility index (Phi) is 11.3. The van der Waals surface area contributed by atoms with Crippen LogP contribution in [0.15, 0.2) is 67.0 Å². The average molecular weight is 735 g/mol. The summed E-state index contributed by atoms with van der Waals surface area (Å²) in [5.41, 5.74) is 6.61. The zero-order chi connectivity index (χ0) is 37.8. The van der Waals surface area contributed by atoms with Gasteiger partial charge in [0.15, 0.2) is 5.82 Å². The lowest BCUT2D eigenvalue weighted by Crippen LogP contribution is -2.50. The number of aromatic nitrogens is 4. The molecule has 3 aliphatic heterocycles. The van der Waals surface area contributed by atoms with Gasteiger partial charge in [0.2, 0.25) is 11.8 Å². The lowest BCUT2D eigenvalue weighted by Gasteiger charge is -2.30. The van der Waals surface area contributed by atoms with Crippen LogP contribution in [0.2, 0.25) is 0 Å². The van der Waals surface area contributed by atoms with Crippen molar-refractivity contribution in [3.8, 4) is 33.6 Å². The molecule has 0 aliphatic carbocycles. The van der Waals surface area contributed by atoms with Crippen molar-refractivity contribution < 1.29 is 23.9 Å². The van der Waals surface area contributed by atoms with E-state index < -0.39 is 12.1 Å². The number of imidazole rings is 2. The highest BCUT2D eigenvalue weighted by Crippen LogP contribution is 2.33. The number of aromatic amines is 2. The lowest BCUT2D eigenvalue weighted by molar-refractivity contribution is -0.134. The predicted octanol–water partition coefficient (Wildman–Crippen LogP) is 5.91. The molecule has 0 spiro atoms. The van der Waals surface area contributed by atoms with Crippen molar-refractivity contribution in [3.63, 3.8) is 0 Å². The lowest BCUT2D eigenvalue weighted by atomic mass is 10.0. The summed E-state index contributed by atoms with van der Waals surface area (Å²) in [6.45, 7) is 8.48. The second-order valence-electron chi connectivity index (χ2n) is 14.7. The molecule has 0 unspecified atom stereocenters.